The van der Waals surface area contributed by atoms with Crippen LogP contribution in [0.2, 0.25) is 0 Å². The van der Waals surface area contributed by atoms with E-state index in [2.05, 4.69) is 40.5 Å². The summed E-state index contributed by atoms with van der Waals surface area (Å²) in [5, 5.41) is 12.4. The second-order valence-electron chi connectivity index (χ2n) is 6.72. The molecule has 0 radical (unpaired) electrons. The van der Waals surface area contributed by atoms with Crippen LogP contribution in [0.3, 0.4) is 0 Å². The molecule has 134 valence electrons. The Hall–Kier alpha value is -1.69. The van der Waals surface area contributed by atoms with Gasteiger partial charge in [0.25, 0.3) is 0 Å². The molecule has 1 aliphatic heterocycles. The van der Waals surface area contributed by atoms with E-state index in [0.29, 0.717) is 4.88 Å². The van der Waals surface area contributed by atoms with E-state index in [1.165, 1.54) is 49.3 Å². The predicted molar refractivity (Wildman–Crippen MR) is 102 cm³/mol. The molecule has 1 aromatic heterocycles. The van der Waals surface area contributed by atoms with E-state index in [4.69, 9.17) is 5.11 Å². The summed E-state index contributed by atoms with van der Waals surface area (Å²) < 4.78 is 0. The second kappa shape index (κ2) is 9.13. The van der Waals surface area contributed by atoms with E-state index < -0.39 is 5.97 Å². The number of likely N-dealkylation sites (tertiary alicyclic amines) is 1. The van der Waals surface area contributed by atoms with Crippen molar-refractivity contribution in [1.82, 2.24) is 10.2 Å². The first-order valence-electron chi connectivity index (χ1n) is 8.99. The van der Waals surface area contributed by atoms with Gasteiger partial charge in [-0.05, 0) is 56.0 Å². The van der Waals surface area contributed by atoms with Crippen molar-refractivity contribution >= 4 is 17.3 Å². The number of piperidine rings is 1. The molecular weight excluding hydrogens is 332 g/mol. The van der Waals surface area contributed by atoms with Crippen molar-refractivity contribution in [1.29, 1.82) is 0 Å². The highest BCUT2D eigenvalue weighted by molar-refractivity contribution is 7.13. The maximum absolute atomic E-state index is 10.9. The van der Waals surface area contributed by atoms with E-state index in [1.807, 2.05) is 6.07 Å². The normalized spacial score (nSPS) is 16.2. The summed E-state index contributed by atoms with van der Waals surface area (Å²) in [6.07, 6.45) is 3.76. The minimum absolute atomic E-state index is 0.414. The molecular formula is C20H26N2O2S. The third kappa shape index (κ3) is 5.66. The second-order valence-corrected chi connectivity index (χ2v) is 7.89. The molecule has 2 aromatic rings. The number of hydrogen-bond donors (Lipinski definition) is 2. The van der Waals surface area contributed by atoms with Crippen molar-refractivity contribution < 1.29 is 9.90 Å². The van der Waals surface area contributed by atoms with Gasteiger partial charge in [-0.1, -0.05) is 30.3 Å². The number of carbonyl (C=O) groups is 1. The molecule has 0 saturated carbocycles. The number of carboxylic acid groups (broad SMARTS) is 1. The number of aromatic carboxylic acids is 1. The van der Waals surface area contributed by atoms with Crippen LogP contribution in [0.4, 0.5) is 0 Å². The Morgan fingerprint density at radius 2 is 1.92 bits per heavy atom. The lowest BCUT2D eigenvalue weighted by atomic mass is 9.90. The molecule has 0 amide bonds. The molecule has 0 aliphatic carbocycles. The van der Waals surface area contributed by atoms with Gasteiger partial charge < -0.3 is 15.3 Å². The molecule has 0 bridgehead atoms. The van der Waals surface area contributed by atoms with Crippen molar-refractivity contribution in [3.05, 3.63) is 57.8 Å². The van der Waals surface area contributed by atoms with Crippen molar-refractivity contribution in [2.75, 3.05) is 26.2 Å². The van der Waals surface area contributed by atoms with Crippen LogP contribution < -0.4 is 5.32 Å². The average molecular weight is 359 g/mol. The Labute approximate surface area is 153 Å². The number of nitrogens with zero attached hydrogens (tertiary/aromatic N) is 1. The van der Waals surface area contributed by atoms with E-state index in [9.17, 15) is 4.79 Å². The lowest BCUT2D eigenvalue weighted by Gasteiger charge is -2.32. The Morgan fingerprint density at radius 3 is 2.60 bits per heavy atom. The lowest BCUT2D eigenvalue weighted by molar-refractivity contribution is 0.0702. The fraction of sp³-hybridized carbons (Fsp3) is 0.450. The molecule has 5 heteroatoms. The van der Waals surface area contributed by atoms with E-state index in [0.717, 1.165) is 30.4 Å². The highest BCUT2D eigenvalue weighted by atomic mass is 32.1. The number of thiophene rings is 1. The fourth-order valence-corrected chi connectivity index (χ4v) is 4.21. The van der Waals surface area contributed by atoms with Gasteiger partial charge in [-0.15, -0.1) is 11.3 Å². The van der Waals surface area contributed by atoms with Gasteiger partial charge in [-0.25, -0.2) is 4.79 Å². The number of hydrogen-bond acceptors (Lipinski definition) is 4. The molecule has 4 nitrogen and oxygen atoms in total. The molecule has 25 heavy (non-hydrogen) atoms. The Balaban J connectivity index is 1.30. The number of carboxylic acids is 1. The summed E-state index contributed by atoms with van der Waals surface area (Å²) in [6.45, 7) is 5.13. The van der Waals surface area contributed by atoms with E-state index >= 15 is 0 Å². The zero-order valence-corrected chi connectivity index (χ0v) is 15.3. The first kappa shape index (κ1) is 18.1. The van der Waals surface area contributed by atoms with Crippen LogP contribution in [0.1, 0.15) is 33.0 Å². The summed E-state index contributed by atoms with van der Waals surface area (Å²) in [5.74, 6) is -0.0261. The van der Waals surface area contributed by atoms with E-state index in [-0.39, 0.29) is 0 Å². The van der Waals surface area contributed by atoms with Gasteiger partial charge in [-0.2, -0.15) is 0 Å². The number of benzene rings is 1. The molecule has 0 unspecified atom stereocenters. The quantitative estimate of drug-likeness (QED) is 0.709. The summed E-state index contributed by atoms with van der Waals surface area (Å²) >= 11 is 1.35. The largest absolute Gasteiger partial charge is 0.477 e. The molecule has 2 N–H and O–H groups in total. The third-order valence-electron chi connectivity index (χ3n) is 4.85. The monoisotopic (exact) mass is 358 g/mol. The maximum atomic E-state index is 10.9. The predicted octanol–water partition coefficient (Wildman–Crippen LogP) is 3.49. The van der Waals surface area contributed by atoms with Crippen molar-refractivity contribution in [3.63, 3.8) is 0 Å². The maximum Gasteiger partial charge on any atom is 0.345 e. The zero-order valence-electron chi connectivity index (χ0n) is 14.5. The Kier molecular flexibility index (Phi) is 6.62. The van der Waals surface area contributed by atoms with Gasteiger partial charge in [0.2, 0.25) is 0 Å². The van der Waals surface area contributed by atoms with Crippen LogP contribution in [-0.2, 0) is 13.0 Å². The van der Waals surface area contributed by atoms with Gasteiger partial charge in [0.05, 0.1) is 0 Å². The fourth-order valence-electron chi connectivity index (χ4n) is 3.40. The molecule has 1 aromatic carbocycles. The first-order chi connectivity index (χ1) is 12.2. The topological polar surface area (TPSA) is 52.6 Å². The summed E-state index contributed by atoms with van der Waals surface area (Å²) in [6, 6.07) is 14.4. The van der Waals surface area contributed by atoms with Crippen LogP contribution in [0.25, 0.3) is 0 Å². The Bertz CT molecular complexity index is 663. The van der Waals surface area contributed by atoms with Crippen LogP contribution in [0.15, 0.2) is 42.5 Å². The molecule has 1 aliphatic rings. The molecule has 0 atom stereocenters. The van der Waals surface area contributed by atoms with Gasteiger partial charge in [0.15, 0.2) is 0 Å². The minimum Gasteiger partial charge on any atom is -0.477 e. The SMILES string of the molecule is O=C(O)c1ccc(CNCCN2CCC(Cc3ccccc3)CC2)s1. The third-order valence-corrected chi connectivity index (χ3v) is 5.92. The highest BCUT2D eigenvalue weighted by Gasteiger charge is 2.19. The van der Waals surface area contributed by atoms with Crippen molar-refractivity contribution in [3.8, 4) is 0 Å². The van der Waals surface area contributed by atoms with Crippen LogP contribution >= 0.6 is 11.3 Å². The number of rotatable bonds is 8. The summed E-state index contributed by atoms with van der Waals surface area (Å²) in [4.78, 5) is 14.9. The van der Waals surface area contributed by atoms with Gasteiger partial charge in [0.1, 0.15) is 4.88 Å². The molecule has 3 rings (SSSR count). The Morgan fingerprint density at radius 1 is 1.16 bits per heavy atom. The first-order valence-corrected chi connectivity index (χ1v) is 9.81. The molecule has 0 spiro atoms. The standard InChI is InChI=1S/C20H26N2O2S/c23-20(24)19-7-6-18(25-19)15-21-10-13-22-11-8-17(9-12-22)14-16-4-2-1-3-5-16/h1-7,17,21H,8-15H2,(H,23,24). The lowest BCUT2D eigenvalue weighted by Crippen LogP contribution is -2.38. The average Bonchev–Trinajstić information content (AvgIpc) is 3.10. The minimum atomic E-state index is -0.838. The smallest absolute Gasteiger partial charge is 0.345 e. The molecule has 1 fully saturated rings. The number of nitrogens with one attached hydrogen (secondary N) is 1. The van der Waals surface area contributed by atoms with E-state index in [1.54, 1.807) is 6.07 Å². The zero-order chi connectivity index (χ0) is 17.5. The van der Waals surface area contributed by atoms with Crippen molar-refractivity contribution in [2.45, 2.75) is 25.8 Å². The van der Waals surface area contributed by atoms with Crippen LogP contribution in [0.5, 0.6) is 0 Å². The summed E-state index contributed by atoms with van der Waals surface area (Å²) in [5.41, 5.74) is 1.46. The molecule has 1 saturated heterocycles. The van der Waals surface area contributed by atoms with Crippen LogP contribution in [0, 0.1) is 5.92 Å². The highest BCUT2D eigenvalue weighted by Crippen LogP contribution is 2.21. The molecule has 2 heterocycles. The van der Waals surface area contributed by atoms with Gasteiger partial charge in [0, 0.05) is 24.5 Å². The summed E-state index contributed by atoms with van der Waals surface area (Å²) in [7, 11) is 0. The van der Waals surface area contributed by atoms with Gasteiger partial charge >= 0.3 is 5.97 Å². The van der Waals surface area contributed by atoms with Gasteiger partial charge in [-0.3, -0.25) is 0 Å². The van der Waals surface area contributed by atoms with Crippen LogP contribution in [-0.4, -0.2) is 42.2 Å². The van der Waals surface area contributed by atoms with Crippen molar-refractivity contribution in [2.24, 2.45) is 5.92 Å².